The van der Waals surface area contributed by atoms with Crippen molar-refractivity contribution in [2.75, 3.05) is 6.61 Å². The van der Waals surface area contributed by atoms with E-state index < -0.39 is 12.8 Å². The van der Waals surface area contributed by atoms with Crippen molar-refractivity contribution in [2.24, 2.45) is 0 Å². The quantitative estimate of drug-likeness (QED) is 0.459. The van der Waals surface area contributed by atoms with Crippen molar-refractivity contribution >= 4 is 13.3 Å². The van der Waals surface area contributed by atoms with Gasteiger partial charge in [0, 0.05) is 0 Å². The zero-order chi connectivity index (χ0) is 9.35. The van der Waals surface area contributed by atoms with Crippen LogP contribution in [0.2, 0.25) is 6.82 Å². The lowest BCUT2D eigenvalue weighted by molar-refractivity contribution is -0.111. The minimum atomic E-state index is -0.655. The maximum Gasteiger partial charge on any atom is 0.379 e. The number of carbonyl (C=O) groups excluding carboxylic acids is 1. The molecule has 1 unspecified atom stereocenters. The number of hydrogen-bond donors (Lipinski definition) is 1. The molecule has 0 radical (unpaired) electrons. The summed E-state index contributed by atoms with van der Waals surface area (Å²) in [6.07, 6.45) is 0.807. The lowest BCUT2D eigenvalue weighted by atomic mass is 9.81. The maximum atomic E-state index is 10.6. The zero-order valence-electron chi connectivity index (χ0n) is 7.65. The molecule has 1 fully saturated rings. The van der Waals surface area contributed by atoms with E-state index in [9.17, 15) is 9.82 Å². The zero-order valence-corrected chi connectivity index (χ0v) is 7.65. The topological polar surface area (TPSA) is 49.8 Å². The molecule has 1 aliphatic heterocycles. The number of ether oxygens (including phenoxy) is 1. The molecule has 5 heteroatoms. The fourth-order valence-corrected chi connectivity index (χ4v) is 1.68. The van der Waals surface area contributed by atoms with Crippen LogP contribution in [0, 0.1) is 0 Å². The smallest absolute Gasteiger partial charge is 0.379 e. The summed E-state index contributed by atoms with van der Waals surface area (Å²) < 4.78 is 5.35. The molecule has 0 aromatic carbocycles. The Morgan fingerprint density at radius 2 is 2.33 bits per heavy atom. The lowest BCUT2D eigenvalue weighted by Crippen LogP contribution is -2.52. The highest BCUT2D eigenvalue weighted by atomic mass is 16.5. The Balaban J connectivity index is 2.80. The summed E-state index contributed by atoms with van der Waals surface area (Å²) in [5.74, 6) is 0. The van der Waals surface area contributed by atoms with Crippen LogP contribution < -0.4 is 0 Å². The van der Waals surface area contributed by atoms with Crippen LogP contribution in [-0.2, 0) is 9.53 Å². The molecule has 0 aromatic heterocycles. The van der Waals surface area contributed by atoms with Crippen LogP contribution in [0.25, 0.3) is 0 Å². The van der Waals surface area contributed by atoms with Crippen molar-refractivity contribution in [1.29, 1.82) is 0 Å². The molecule has 12 heavy (non-hydrogen) atoms. The predicted octanol–water partition coefficient (Wildman–Crippen LogP) is -0.268. The molecule has 0 aromatic rings. The first-order chi connectivity index (χ1) is 5.49. The third-order valence-corrected chi connectivity index (χ3v) is 2.15. The second kappa shape index (κ2) is 3.16. The predicted molar refractivity (Wildman–Crippen MR) is 45.6 cm³/mol. The summed E-state index contributed by atoms with van der Waals surface area (Å²) in [6.45, 7) is 5.67. The van der Waals surface area contributed by atoms with Crippen molar-refractivity contribution in [3.05, 3.63) is 0 Å². The molecular weight excluding hydrogens is 157 g/mol. The Hall–Kier alpha value is -0.385. The van der Waals surface area contributed by atoms with Crippen LogP contribution in [0.15, 0.2) is 0 Å². The first-order valence-electron chi connectivity index (χ1n) is 4.05. The van der Waals surface area contributed by atoms with Crippen LogP contribution in [-0.4, -0.2) is 41.5 Å². The standard InChI is InChI=1S/C7H14BNO3/c1-7(2)9(8(3)11)6(4-10)5-12-7/h4,6,11H,5H2,1-3H3. The van der Waals surface area contributed by atoms with Gasteiger partial charge in [-0.2, -0.15) is 0 Å². The lowest BCUT2D eigenvalue weighted by Gasteiger charge is -2.32. The van der Waals surface area contributed by atoms with Crippen molar-refractivity contribution in [2.45, 2.75) is 32.4 Å². The van der Waals surface area contributed by atoms with E-state index in [1.807, 2.05) is 13.8 Å². The van der Waals surface area contributed by atoms with E-state index in [2.05, 4.69) is 0 Å². The number of nitrogens with zero attached hydrogens (tertiary/aromatic N) is 1. The highest BCUT2D eigenvalue weighted by molar-refractivity contribution is 6.46. The number of carbonyl (C=O) groups is 1. The normalized spacial score (nSPS) is 28.8. The second-order valence-corrected chi connectivity index (χ2v) is 3.50. The molecular formula is C7H14BNO3. The van der Waals surface area contributed by atoms with Crippen LogP contribution in [0.3, 0.4) is 0 Å². The molecule has 1 heterocycles. The molecule has 1 N–H and O–H groups in total. The third-order valence-electron chi connectivity index (χ3n) is 2.15. The van der Waals surface area contributed by atoms with Crippen LogP contribution >= 0.6 is 0 Å². The van der Waals surface area contributed by atoms with Crippen molar-refractivity contribution < 1.29 is 14.6 Å². The van der Waals surface area contributed by atoms with Gasteiger partial charge in [-0.3, -0.25) is 4.81 Å². The van der Waals surface area contributed by atoms with Gasteiger partial charge >= 0.3 is 7.05 Å². The summed E-state index contributed by atoms with van der Waals surface area (Å²) in [7, 11) is -0.655. The third kappa shape index (κ3) is 1.53. The van der Waals surface area contributed by atoms with E-state index in [-0.39, 0.29) is 6.04 Å². The first-order valence-corrected chi connectivity index (χ1v) is 4.05. The van der Waals surface area contributed by atoms with Crippen molar-refractivity contribution in [3.8, 4) is 0 Å². The number of aldehydes is 1. The molecule has 0 bridgehead atoms. The van der Waals surface area contributed by atoms with Gasteiger partial charge in [-0.15, -0.1) is 0 Å². The fraction of sp³-hybridized carbons (Fsp3) is 0.857. The molecule has 1 saturated heterocycles. The number of rotatable bonds is 2. The van der Waals surface area contributed by atoms with Gasteiger partial charge in [0.1, 0.15) is 12.0 Å². The largest absolute Gasteiger partial charge is 0.437 e. The molecule has 0 saturated carbocycles. The molecule has 1 atom stereocenters. The summed E-state index contributed by atoms with van der Waals surface area (Å²) in [5.41, 5.74) is -0.542. The van der Waals surface area contributed by atoms with E-state index in [1.54, 1.807) is 11.6 Å². The van der Waals surface area contributed by atoms with Crippen LogP contribution in [0.4, 0.5) is 0 Å². The monoisotopic (exact) mass is 171 g/mol. The highest BCUT2D eigenvalue weighted by Crippen LogP contribution is 2.26. The van der Waals surface area contributed by atoms with Gasteiger partial charge in [0.15, 0.2) is 0 Å². The minimum Gasteiger partial charge on any atom is -0.437 e. The average Bonchev–Trinajstić information content (AvgIpc) is 2.24. The Morgan fingerprint density at radius 3 is 2.67 bits per heavy atom. The van der Waals surface area contributed by atoms with Gasteiger partial charge < -0.3 is 14.6 Å². The maximum absolute atomic E-state index is 10.6. The van der Waals surface area contributed by atoms with Crippen molar-refractivity contribution in [1.82, 2.24) is 4.81 Å². The van der Waals surface area contributed by atoms with Crippen LogP contribution in [0.5, 0.6) is 0 Å². The fourth-order valence-electron chi connectivity index (χ4n) is 1.68. The van der Waals surface area contributed by atoms with E-state index in [0.717, 1.165) is 6.29 Å². The molecule has 0 aliphatic carbocycles. The summed E-state index contributed by atoms with van der Waals surface area (Å²) in [6, 6.07) is -0.319. The summed E-state index contributed by atoms with van der Waals surface area (Å²) >= 11 is 0. The number of hydrogen-bond acceptors (Lipinski definition) is 4. The highest BCUT2D eigenvalue weighted by Gasteiger charge is 2.44. The SMILES string of the molecule is CB(O)N1C(C=O)COC1(C)C. The van der Waals surface area contributed by atoms with Gasteiger partial charge in [0.2, 0.25) is 0 Å². The molecule has 0 spiro atoms. The summed E-state index contributed by atoms with van der Waals surface area (Å²) in [4.78, 5) is 12.2. The van der Waals surface area contributed by atoms with Gasteiger partial charge in [-0.1, -0.05) is 0 Å². The Bertz CT molecular complexity index is 183. The molecule has 1 rings (SSSR count). The van der Waals surface area contributed by atoms with Gasteiger partial charge in [0.25, 0.3) is 0 Å². The van der Waals surface area contributed by atoms with Gasteiger partial charge in [0.05, 0.1) is 12.6 Å². The molecule has 1 aliphatic rings. The van der Waals surface area contributed by atoms with E-state index in [1.165, 1.54) is 0 Å². The molecule has 0 amide bonds. The minimum absolute atomic E-state index is 0.319. The van der Waals surface area contributed by atoms with E-state index >= 15 is 0 Å². The molecule has 68 valence electrons. The van der Waals surface area contributed by atoms with Gasteiger partial charge in [-0.05, 0) is 20.7 Å². The Labute approximate surface area is 72.6 Å². The van der Waals surface area contributed by atoms with Crippen molar-refractivity contribution in [3.63, 3.8) is 0 Å². The van der Waals surface area contributed by atoms with E-state index in [0.29, 0.717) is 6.61 Å². The first kappa shape index (κ1) is 9.70. The molecule has 4 nitrogen and oxygen atoms in total. The average molecular weight is 171 g/mol. The van der Waals surface area contributed by atoms with Gasteiger partial charge in [-0.25, -0.2) is 0 Å². The summed E-state index contributed by atoms with van der Waals surface area (Å²) in [5, 5.41) is 9.38. The Kier molecular flexibility index (Phi) is 2.56. The van der Waals surface area contributed by atoms with E-state index in [4.69, 9.17) is 4.74 Å². The Morgan fingerprint density at radius 1 is 1.75 bits per heavy atom. The second-order valence-electron chi connectivity index (χ2n) is 3.50. The van der Waals surface area contributed by atoms with Crippen LogP contribution in [0.1, 0.15) is 13.8 Å².